The number of nitrogens with one attached hydrogen (secondary N) is 2. The Labute approximate surface area is 133 Å². The molecular weight excluding hydrogens is 280 g/mol. The standard InChI is InChI=1S/C17H30N2O3/c1-11(2)10-12-13(17(12,6)7)14(20)18-8-9-19-15(21)22-16(3,4)5/h10,12-13H,8-9H2,1-7H3,(H,18,20)(H,19,21)/t12-,13+/m1/s1. The quantitative estimate of drug-likeness (QED) is 0.606. The molecule has 2 amide bonds. The monoisotopic (exact) mass is 310 g/mol. The number of rotatable bonds is 5. The van der Waals surface area contributed by atoms with Crippen LogP contribution in [0.1, 0.15) is 48.5 Å². The zero-order valence-electron chi connectivity index (χ0n) is 14.9. The Bertz CT molecular complexity index is 457. The SMILES string of the molecule is CC(C)=C[C@@H]1[C@@H](C(=O)NCCNC(=O)OC(C)(C)C)C1(C)C. The number of carbonyl (C=O) groups is 2. The number of hydrogen-bond acceptors (Lipinski definition) is 3. The molecule has 0 radical (unpaired) electrons. The average Bonchev–Trinajstić information content (AvgIpc) is 2.83. The van der Waals surface area contributed by atoms with Crippen molar-refractivity contribution in [2.24, 2.45) is 17.3 Å². The number of ether oxygens (including phenoxy) is 1. The van der Waals surface area contributed by atoms with Crippen molar-refractivity contribution in [1.29, 1.82) is 0 Å². The Kier molecular flexibility index (Phi) is 5.65. The number of hydrogen-bond donors (Lipinski definition) is 2. The van der Waals surface area contributed by atoms with Crippen LogP contribution < -0.4 is 10.6 Å². The molecule has 22 heavy (non-hydrogen) atoms. The molecule has 2 atom stereocenters. The van der Waals surface area contributed by atoms with Crippen LogP contribution in [0.2, 0.25) is 0 Å². The van der Waals surface area contributed by atoms with Gasteiger partial charge in [0.25, 0.3) is 0 Å². The molecule has 5 nitrogen and oxygen atoms in total. The summed E-state index contributed by atoms with van der Waals surface area (Å²) in [5.74, 6) is 0.374. The fourth-order valence-corrected chi connectivity index (χ4v) is 2.62. The van der Waals surface area contributed by atoms with Gasteiger partial charge in [0.05, 0.1) is 5.92 Å². The van der Waals surface area contributed by atoms with Crippen LogP contribution in [0, 0.1) is 17.3 Å². The molecule has 126 valence electrons. The topological polar surface area (TPSA) is 67.4 Å². The molecule has 0 aromatic carbocycles. The van der Waals surface area contributed by atoms with Crippen LogP contribution in [0.5, 0.6) is 0 Å². The second-order valence-electron chi connectivity index (χ2n) is 7.79. The second kappa shape index (κ2) is 6.71. The minimum Gasteiger partial charge on any atom is -0.444 e. The number of amides is 2. The highest BCUT2D eigenvalue weighted by Crippen LogP contribution is 2.59. The summed E-state index contributed by atoms with van der Waals surface area (Å²) < 4.78 is 5.13. The maximum absolute atomic E-state index is 12.2. The molecular formula is C17H30N2O3. The minimum absolute atomic E-state index is 0.0138. The van der Waals surface area contributed by atoms with Crippen LogP contribution in [-0.4, -0.2) is 30.7 Å². The van der Waals surface area contributed by atoms with Crippen LogP contribution >= 0.6 is 0 Å². The molecule has 0 heterocycles. The molecule has 0 aliphatic heterocycles. The summed E-state index contributed by atoms with van der Waals surface area (Å²) in [5.41, 5.74) is 0.739. The molecule has 0 spiro atoms. The fraction of sp³-hybridized carbons (Fsp3) is 0.765. The molecule has 0 unspecified atom stereocenters. The normalized spacial score (nSPS) is 22.5. The van der Waals surface area contributed by atoms with Crippen LogP contribution in [-0.2, 0) is 9.53 Å². The lowest BCUT2D eigenvalue weighted by molar-refractivity contribution is -0.123. The molecule has 0 bridgehead atoms. The first-order valence-electron chi connectivity index (χ1n) is 7.84. The Morgan fingerprint density at radius 3 is 2.18 bits per heavy atom. The highest BCUT2D eigenvalue weighted by atomic mass is 16.6. The van der Waals surface area contributed by atoms with E-state index in [1.54, 1.807) is 0 Å². The van der Waals surface area contributed by atoms with Crippen molar-refractivity contribution in [2.75, 3.05) is 13.1 Å². The molecule has 1 aliphatic carbocycles. The summed E-state index contributed by atoms with van der Waals surface area (Å²) in [6.07, 6.45) is 1.71. The van der Waals surface area contributed by atoms with E-state index in [9.17, 15) is 9.59 Å². The van der Waals surface area contributed by atoms with Gasteiger partial charge in [-0.05, 0) is 46.0 Å². The van der Waals surface area contributed by atoms with E-state index in [1.807, 2.05) is 34.6 Å². The van der Waals surface area contributed by atoms with Gasteiger partial charge in [-0.3, -0.25) is 4.79 Å². The molecule has 1 rings (SSSR count). The second-order valence-corrected chi connectivity index (χ2v) is 7.79. The first kappa shape index (κ1) is 18.5. The highest BCUT2D eigenvalue weighted by Gasteiger charge is 2.60. The lowest BCUT2D eigenvalue weighted by Crippen LogP contribution is -2.38. The Morgan fingerprint density at radius 1 is 1.14 bits per heavy atom. The van der Waals surface area contributed by atoms with E-state index < -0.39 is 11.7 Å². The van der Waals surface area contributed by atoms with Gasteiger partial charge in [0, 0.05) is 13.1 Å². The average molecular weight is 310 g/mol. The molecule has 5 heteroatoms. The maximum Gasteiger partial charge on any atom is 0.407 e. The Morgan fingerprint density at radius 2 is 1.68 bits per heavy atom. The van der Waals surface area contributed by atoms with E-state index in [0.717, 1.165) is 0 Å². The summed E-state index contributed by atoms with van der Waals surface area (Å²) in [4.78, 5) is 23.7. The fourth-order valence-electron chi connectivity index (χ4n) is 2.62. The lowest BCUT2D eigenvalue weighted by Gasteiger charge is -2.19. The van der Waals surface area contributed by atoms with Gasteiger partial charge < -0.3 is 15.4 Å². The van der Waals surface area contributed by atoms with Gasteiger partial charge in [0.2, 0.25) is 5.91 Å². The van der Waals surface area contributed by atoms with Gasteiger partial charge in [-0.15, -0.1) is 0 Å². The third-order valence-corrected chi connectivity index (χ3v) is 3.80. The van der Waals surface area contributed by atoms with Gasteiger partial charge in [0.1, 0.15) is 5.60 Å². The van der Waals surface area contributed by atoms with Crippen molar-refractivity contribution in [2.45, 2.75) is 54.1 Å². The van der Waals surface area contributed by atoms with Crippen LogP contribution in [0.4, 0.5) is 4.79 Å². The van der Waals surface area contributed by atoms with Crippen LogP contribution in [0.15, 0.2) is 11.6 Å². The number of allylic oxidation sites excluding steroid dienone is 2. The molecule has 0 aromatic heterocycles. The number of alkyl carbamates (subject to hydrolysis) is 1. The van der Waals surface area contributed by atoms with Crippen LogP contribution in [0.3, 0.4) is 0 Å². The Hall–Kier alpha value is -1.52. The van der Waals surface area contributed by atoms with Crippen molar-refractivity contribution in [3.63, 3.8) is 0 Å². The maximum atomic E-state index is 12.2. The summed E-state index contributed by atoms with van der Waals surface area (Å²) in [5, 5.41) is 5.51. The summed E-state index contributed by atoms with van der Waals surface area (Å²) in [7, 11) is 0. The van der Waals surface area contributed by atoms with E-state index in [1.165, 1.54) is 5.57 Å². The predicted molar refractivity (Wildman–Crippen MR) is 87.4 cm³/mol. The zero-order valence-corrected chi connectivity index (χ0v) is 14.9. The van der Waals surface area contributed by atoms with E-state index in [4.69, 9.17) is 4.74 Å². The van der Waals surface area contributed by atoms with E-state index in [0.29, 0.717) is 19.0 Å². The first-order chi connectivity index (χ1) is 9.95. The van der Waals surface area contributed by atoms with Gasteiger partial charge in [0.15, 0.2) is 0 Å². The summed E-state index contributed by atoms with van der Waals surface area (Å²) in [6.45, 7) is 14.5. The largest absolute Gasteiger partial charge is 0.444 e. The predicted octanol–water partition coefficient (Wildman–Crippen LogP) is 2.87. The smallest absolute Gasteiger partial charge is 0.407 e. The Balaban J connectivity index is 2.31. The van der Waals surface area contributed by atoms with E-state index >= 15 is 0 Å². The third kappa shape index (κ3) is 5.35. The zero-order chi connectivity index (χ0) is 17.1. The lowest BCUT2D eigenvalue weighted by atomic mass is 10.1. The highest BCUT2D eigenvalue weighted by molar-refractivity contribution is 5.83. The summed E-state index contributed by atoms with van der Waals surface area (Å²) >= 11 is 0. The molecule has 1 fully saturated rings. The van der Waals surface area contributed by atoms with Crippen molar-refractivity contribution in [3.8, 4) is 0 Å². The molecule has 0 aromatic rings. The molecule has 1 aliphatic rings. The van der Waals surface area contributed by atoms with Gasteiger partial charge in [-0.25, -0.2) is 4.79 Å². The molecule has 1 saturated carbocycles. The van der Waals surface area contributed by atoms with Gasteiger partial charge in [-0.2, -0.15) is 0 Å². The van der Waals surface area contributed by atoms with Gasteiger partial charge >= 0.3 is 6.09 Å². The molecule has 2 N–H and O–H groups in total. The number of carbonyl (C=O) groups excluding carboxylic acids is 2. The summed E-state index contributed by atoms with van der Waals surface area (Å²) in [6, 6.07) is 0. The van der Waals surface area contributed by atoms with Crippen molar-refractivity contribution in [3.05, 3.63) is 11.6 Å². The van der Waals surface area contributed by atoms with Crippen molar-refractivity contribution < 1.29 is 14.3 Å². The van der Waals surface area contributed by atoms with Crippen molar-refractivity contribution >= 4 is 12.0 Å². The molecule has 0 saturated heterocycles. The van der Waals surface area contributed by atoms with E-state index in [-0.39, 0.29) is 17.2 Å². The first-order valence-corrected chi connectivity index (χ1v) is 7.84. The third-order valence-electron chi connectivity index (χ3n) is 3.80. The van der Waals surface area contributed by atoms with E-state index in [2.05, 4.69) is 30.6 Å². The van der Waals surface area contributed by atoms with Crippen molar-refractivity contribution in [1.82, 2.24) is 10.6 Å². The van der Waals surface area contributed by atoms with Gasteiger partial charge in [-0.1, -0.05) is 25.5 Å². The van der Waals surface area contributed by atoms with Crippen LogP contribution in [0.25, 0.3) is 0 Å². The minimum atomic E-state index is -0.511.